The highest BCUT2D eigenvalue weighted by Gasteiger charge is 2.12. The van der Waals surface area contributed by atoms with Gasteiger partial charge in [0, 0.05) is 11.1 Å². The Balaban J connectivity index is 2.23. The fourth-order valence-electron chi connectivity index (χ4n) is 1.66. The number of carbonyl (C=O) groups excluding carboxylic acids is 1. The van der Waals surface area contributed by atoms with Crippen molar-refractivity contribution in [1.82, 2.24) is 4.98 Å². The van der Waals surface area contributed by atoms with Crippen LogP contribution in [0.5, 0.6) is 0 Å². The third kappa shape index (κ3) is 3.16. The number of pyridine rings is 1. The summed E-state index contributed by atoms with van der Waals surface area (Å²) in [5.41, 5.74) is 0.924. The average Bonchev–Trinajstić information content (AvgIpc) is 2.47. The van der Waals surface area contributed by atoms with Crippen molar-refractivity contribution >= 4 is 29.3 Å². The number of amides is 1. The van der Waals surface area contributed by atoms with Gasteiger partial charge in [-0.2, -0.15) is 0 Å². The van der Waals surface area contributed by atoms with Gasteiger partial charge in [-0.1, -0.05) is 12.1 Å². The molecule has 0 aliphatic carbocycles. The van der Waals surface area contributed by atoms with Crippen LogP contribution in [0.3, 0.4) is 0 Å². The lowest BCUT2D eigenvalue weighted by molar-refractivity contribution is 0.0696. The number of carbonyl (C=O) groups is 2. The Morgan fingerprint density at radius 3 is 2.70 bits per heavy atom. The van der Waals surface area contributed by atoms with Gasteiger partial charge < -0.3 is 10.4 Å². The number of nitrogens with zero attached hydrogens (tertiary/aromatic N) is 1. The second-order valence-corrected chi connectivity index (χ2v) is 4.77. The number of anilines is 1. The summed E-state index contributed by atoms with van der Waals surface area (Å²) in [7, 11) is 0. The predicted molar refractivity (Wildman–Crippen MR) is 77.4 cm³/mol. The normalized spacial score (nSPS) is 10.1. The molecule has 1 aromatic heterocycles. The minimum Gasteiger partial charge on any atom is -0.478 e. The van der Waals surface area contributed by atoms with E-state index in [2.05, 4.69) is 10.3 Å². The van der Waals surface area contributed by atoms with E-state index in [1.807, 2.05) is 18.4 Å². The molecule has 0 aliphatic rings. The largest absolute Gasteiger partial charge is 0.478 e. The van der Waals surface area contributed by atoms with Crippen LogP contribution in [0.4, 0.5) is 5.69 Å². The SMILES string of the molecule is CSc1ccccc1C(=O)Nc1cncc(C(=O)O)c1. The third-order valence-electron chi connectivity index (χ3n) is 2.59. The van der Waals surface area contributed by atoms with E-state index in [4.69, 9.17) is 5.11 Å². The highest BCUT2D eigenvalue weighted by atomic mass is 32.2. The van der Waals surface area contributed by atoms with Gasteiger partial charge in [-0.25, -0.2) is 4.79 Å². The molecule has 0 saturated heterocycles. The summed E-state index contributed by atoms with van der Waals surface area (Å²) in [6, 6.07) is 8.58. The summed E-state index contributed by atoms with van der Waals surface area (Å²) in [5.74, 6) is -1.38. The van der Waals surface area contributed by atoms with E-state index in [0.717, 1.165) is 4.90 Å². The highest BCUT2D eigenvalue weighted by Crippen LogP contribution is 2.21. The molecule has 2 rings (SSSR count). The number of carboxylic acids is 1. The number of carboxylic acid groups (broad SMARTS) is 1. The molecule has 1 heterocycles. The van der Waals surface area contributed by atoms with Gasteiger partial charge in [0.2, 0.25) is 0 Å². The fourth-order valence-corrected chi connectivity index (χ4v) is 2.25. The molecule has 0 aliphatic heterocycles. The number of benzene rings is 1. The summed E-state index contributed by atoms with van der Waals surface area (Å²) in [6.07, 6.45) is 4.53. The van der Waals surface area contributed by atoms with Crippen LogP contribution in [0.15, 0.2) is 47.6 Å². The number of hydrogen-bond acceptors (Lipinski definition) is 4. The lowest BCUT2D eigenvalue weighted by atomic mass is 10.2. The van der Waals surface area contributed by atoms with Crippen LogP contribution in [0, 0.1) is 0 Å². The molecule has 102 valence electrons. The summed E-state index contributed by atoms with van der Waals surface area (Å²) in [6.45, 7) is 0. The zero-order valence-corrected chi connectivity index (χ0v) is 11.5. The number of aromatic carboxylic acids is 1. The summed E-state index contributed by atoms with van der Waals surface area (Å²) in [4.78, 5) is 27.7. The number of nitrogens with one attached hydrogen (secondary N) is 1. The first-order valence-electron chi connectivity index (χ1n) is 5.74. The van der Waals surface area contributed by atoms with Gasteiger partial charge in [0.25, 0.3) is 5.91 Å². The molecule has 2 N–H and O–H groups in total. The maximum Gasteiger partial charge on any atom is 0.337 e. The Kier molecular flexibility index (Phi) is 4.37. The molecule has 20 heavy (non-hydrogen) atoms. The van der Waals surface area contributed by atoms with Gasteiger partial charge in [0.1, 0.15) is 0 Å². The lowest BCUT2D eigenvalue weighted by Gasteiger charge is -2.08. The first kappa shape index (κ1) is 14.1. The smallest absolute Gasteiger partial charge is 0.337 e. The number of thioether (sulfide) groups is 1. The monoisotopic (exact) mass is 288 g/mol. The van der Waals surface area contributed by atoms with E-state index in [-0.39, 0.29) is 11.5 Å². The molecular formula is C14H12N2O3S. The van der Waals surface area contributed by atoms with Crippen molar-refractivity contribution in [2.24, 2.45) is 0 Å². The van der Waals surface area contributed by atoms with Crippen LogP contribution in [0.2, 0.25) is 0 Å². The number of hydrogen-bond donors (Lipinski definition) is 2. The van der Waals surface area contributed by atoms with Crippen LogP contribution in [-0.2, 0) is 0 Å². The molecule has 0 spiro atoms. The quantitative estimate of drug-likeness (QED) is 0.846. The van der Waals surface area contributed by atoms with E-state index in [9.17, 15) is 9.59 Å². The van der Waals surface area contributed by atoms with Crippen molar-refractivity contribution < 1.29 is 14.7 Å². The first-order chi connectivity index (χ1) is 9.61. The van der Waals surface area contributed by atoms with Crippen molar-refractivity contribution in [3.05, 3.63) is 53.9 Å². The molecule has 0 radical (unpaired) electrons. The topological polar surface area (TPSA) is 79.3 Å². The fraction of sp³-hybridized carbons (Fsp3) is 0.0714. The van der Waals surface area contributed by atoms with E-state index >= 15 is 0 Å². The molecule has 1 aromatic carbocycles. The summed E-state index contributed by atoms with van der Waals surface area (Å²) < 4.78 is 0. The predicted octanol–water partition coefficient (Wildman–Crippen LogP) is 2.75. The Morgan fingerprint density at radius 1 is 1.25 bits per heavy atom. The molecule has 5 nitrogen and oxygen atoms in total. The van der Waals surface area contributed by atoms with E-state index < -0.39 is 5.97 Å². The zero-order chi connectivity index (χ0) is 14.5. The molecule has 2 aromatic rings. The molecular weight excluding hydrogens is 276 g/mol. The molecule has 0 atom stereocenters. The van der Waals surface area contributed by atoms with Crippen molar-refractivity contribution in [3.8, 4) is 0 Å². The van der Waals surface area contributed by atoms with Gasteiger partial charge in [-0.15, -0.1) is 11.8 Å². The Bertz CT molecular complexity index is 658. The molecule has 0 saturated carbocycles. The first-order valence-corrected chi connectivity index (χ1v) is 6.97. The van der Waals surface area contributed by atoms with Crippen molar-refractivity contribution in [3.63, 3.8) is 0 Å². The zero-order valence-electron chi connectivity index (χ0n) is 10.7. The van der Waals surface area contributed by atoms with Crippen molar-refractivity contribution in [2.75, 3.05) is 11.6 Å². The standard InChI is InChI=1S/C14H12N2O3S/c1-20-12-5-3-2-4-11(12)13(17)16-10-6-9(14(18)19)7-15-8-10/h2-8H,1H3,(H,16,17)(H,18,19). The van der Waals surface area contributed by atoms with Crippen LogP contribution < -0.4 is 5.32 Å². The van der Waals surface area contributed by atoms with Gasteiger partial charge in [0.05, 0.1) is 23.0 Å². The third-order valence-corrected chi connectivity index (χ3v) is 3.39. The minimum atomic E-state index is -1.09. The van der Waals surface area contributed by atoms with E-state index in [0.29, 0.717) is 11.3 Å². The van der Waals surface area contributed by atoms with Crippen LogP contribution in [0.25, 0.3) is 0 Å². The average molecular weight is 288 g/mol. The summed E-state index contributed by atoms with van der Waals surface area (Å²) in [5, 5.41) is 11.5. The maximum absolute atomic E-state index is 12.2. The van der Waals surface area contributed by atoms with Gasteiger partial charge >= 0.3 is 5.97 Å². The Hall–Kier alpha value is -2.34. The second-order valence-electron chi connectivity index (χ2n) is 3.92. The second kappa shape index (κ2) is 6.21. The van der Waals surface area contributed by atoms with Crippen molar-refractivity contribution in [1.29, 1.82) is 0 Å². The van der Waals surface area contributed by atoms with Gasteiger partial charge in [-0.05, 0) is 24.5 Å². The van der Waals surface area contributed by atoms with E-state index in [1.165, 1.54) is 30.2 Å². The molecule has 0 bridgehead atoms. The van der Waals surface area contributed by atoms with Crippen LogP contribution in [-0.4, -0.2) is 28.2 Å². The highest BCUT2D eigenvalue weighted by molar-refractivity contribution is 7.98. The molecule has 1 amide bonds. The minimum absolute atomic E-state index is 0.0287. The van der Waals surface area contributed by atoms with E-state index in [1.54, 1.807) is 12.1 Å². The molecule has 0 fully saturated rings. The summed E-state index contributed by atoms with van der Waals surface area (Å²) >= 11 is 1.47. The van der Waals surface area contributed by atoms with Gasteiger partial charge in [-0.3, -0.25) is 9.78 Å². The van der Waals surface area contributed by atoms with Crippen LogP contribution >= 0.6 is 11.8 Å². The maximum atomic E-state index is 12.2. The molecule has 6 heteroatoms. The lowest BCUT2D eigenvalue weighted by Crippen LogP contribution is -2.13. The van der Waals surface area contributed by atoms with Gasteiger partial charge in [0.15, 0.2) is 0 Å². The Morgan fingerprint density at radius 2 is 2.00 bits per heavy atom. The van der Waals surface area contributed by atoms with Crippen molar-refractivity contribution in [2.45, 2.75) is 4.90 Å². The molecule has 0 unspecified atom stereocenters. The Labute approximate surface area is 120 Å². The number of rotatable bonds is 4. The number of aromatic nitrogens is 1. The van der Waals surface area contributed by atoms with Crippen LogP contribution in [0.1, 0.15) is 20.7 Å².